The number of ether oxygens (including phenoxy) is 1. The van der Waals surface area contributed by atoms with E-state index in [0.29, 0.717) is 35.1 Å². The first-order valence-electron chi connectivity index (χ1n) is 10.5. The zero-order valence-corrected chi connectivity index (χ0v) is 19.0. The highest BCUT2D eigenvalue weighted by Crippen LogP contribution is 2.27. The second-order valence-electron chi connectivity index (χ2n) is 8.41. The van der Waals surface area contributed by atoms with Crippen LogP contribution >= 0.6 is 0 Å². The van der Waals surface area contributed by atoms with Gasteiger partial charge in [-0.15, -0.1) is 0 Å². The molecule has 32 heavy (non-hydrogen) atoms. The quantitative estimate of drug-likeness (QED) is 0.427. The highest BCUT2D eigenvalue weighted by Gasteiger charge is 2.22. The molecule has 168 valence electrons. The van der Waals surface area contributed by atoms with Crippen LogP contribution in [0.1, 0.15) is 49.3 Å². The molecule has 4 N–H and O–H groups in total. The number of amides is 3. The largest absolute Gasteiger partial charge is 0.457 e. The standard InChI is InChI=1S/C24H29N5O3/c1-6-25-22(30)16-7-11-18(12-8-16)32-19-13-9-17(10-14-19)26-23(31)27-21-15(2)20(28-29-21)24(3,4)5/h7-14H,6H2,1-5H3,(H,25,30)(H3,26,27,28,29,31). The number of aromatic amines is 1. The number of benzene rings is 2. The van der Waals surface area contributed by atoms with Gasteiger partial charge in [0.2, 0.25) is 0 Å². The van der Waals surface area contributed by atoms with Crippen LogP contribution in [0.3, 0.4) is 0 Å². The van der Waals surface area contributed by atoms with Crippen molar-refractivity contribution in [1.82, 2.24) is 15.5 Å². The van der Waals surface area contributed by atoms with Crippen molar-refractivity contribution in [1.29, 1.82) is 0 Å². The van der Waals surface area contributed by atoms with Gasteiger partial charge in [0.05, 0.1) is 5.69 Å². The maximum atomic E-state index is 12.4. The number of nitrogens with one attached hydrogen (secondary N) is 4. The molecule has 0 atom stereocenters. The van der Waals surface area contributed by atoms with E-state index in [2.05, 4.69) is 46.9 Å². The van der Waals surface area contributed by atoms with Crippen molar-refractivity contribution in [3.63, 3.8) is 0 Å². The summed E-state index contributed by atoms with van der Waals surface area (Å²) in [6, 6.07) is 13.5. The van der Waals surface area contributed by atoms with Gasteiger partial charge in [0.25, 0.3) is 5.91 Å². The first-order chi connectivity index (χ1) is 15.2. The normalized spacial score (nSPS) is 11.0. The van der Waals surface area contributed by atoms with Gasteiger partial charge in [0.1, 0.15) is 17.3 Å². The van der Waals surface area contributed by atoms with E-state index >= 15 is 0 Å². The fraction of sp³-hybridized carbons (Fsp3) is 0.292. The summed E-state index contributed by atoms with van der Waals surface area (Å²) < 4.78 is 5.81. The number of anilines is 2. The van der Waals surface area contributed by atoms with E-state index in [1.54, 1.807) is 48.5 Å². The molecule has 3 amide bonds. The SMILES string of the molecule is CCNC(=O)c1ccc(Oc2ccc(NC(=O)Nc3[nH]nc(C(C)(C)C)c3C)cc2)cc1. The van der Waals surface area contributed by atoms with Crippen molar-refractivity contribution in [2.45, 2.75) is 40.0 Å². The van der Waals surface area contributed by atoms with E-state index in [-0.39, 0.29) is 17.4 Å². The van der Waals surface area contributed by atoms with Crippen LogP contribution in [0.5, 0.6) is 11.5 Å². The number of aromatic nitrogens is 2. The lowest BCUT2D eigenvalue weighted by Crippen LogP contribution is -2.22. The molecule has 0 spiro atoms. The van der Waals surface area contributed by atoms with E-state index in [1.807, 2.05) is 13.8 Å². The van der Waals surface area contributed by atoms with Crippen molar-refractivity contribution in [3.05, 3.63) is 65.4 Å². The smallest absolute Gasteiger partial charge is 0.324 e. The zero-order valence-electron chi connectivity index (χ0n) is 19.0. The summed E-state index contributed by atoms with van der Waals surface area (Å²) in [6.07, 6.45) is 0. The monoisotopic (exact) mass is 435 g/mol. The first kappa shape index (κ1) is 22.9. The zero-order chi connectivity index (χ0) is 23.3. The van der Waals surface area contributed by atoms with Gasteiger partial charge in [-0.25, -0.2) is 4.79 Å². The number of H-pyrrole nitrogens is 1. The summed E-state index contributed by atoms with van der Waals surface area (Å²) in [7, 11) is 0. The fourth-order valence-corrected chi connectivity index (χ4v) is 3.21. The second kappa shape index (κ2) is 9.55. The Hall–Kier alpha value is -3.81. The van der Waals surface area contributed by atoms with Gasteiger partial charge in [-0.2, -0.15) is 5.10 Å². The third kappa shape index (κ3) is 5.66. The van der Waals surface area contributed by atoms with Crippen molar-refractivity contribution < 1.29 is 14.3 Å². The van der Waals surface area contributed by atoms with Crippen molar-refractivity contribution in [2.75, 3.05) is 17.2 Å². The third-order valence-corrected chi connectivity index (χ3v) is 4.76. The number of hydrogen-bond donors (Lipinski definition) is 4. The summed E-state index contributed by atoms with van der Waals surface area (Å²) in [5.74, 6) is 1.68. The molecule has 8 nitrogen and oxygen atoms in total. The Balaban J connectivity index is 1.57. The Morgan fingerprint density at radius 3 is 2.09 bits per heavy atom. The maximum absolute atomic E-state index is 12.4. The second-order valence-corrected chi connectivity index (χ2v) is 8.41. The van der Waals surface area contributed by atoms with E-state index in [0.717, 1.165) is 11.3 Å². The van der Waals surface area contributed by atoms with E-state index in [9.17, 15) is 9.59 Å². The number of carbonyl (C=O) groups is 2. The number of carbonyl (C=O) groups excluding carboxylic acids is 2. The molecule has 0 radical (unpaired) electrons. The van der Waals surface area contributed by atoms with Crippen molar-refractivity contribution in [2.24, 2.45) is 0 Å². The van der Waals surface area contributed by atoms with Crippen LogP contribution in [0.4, 0.5) is 16.3 Å². The summed E-state index contributed by atoms with van der Waals surface area (Å²) in [4.78, 5) is 24.2. The number of urea groups is 1. The van der Waals surface area contributed by atoms with Crippen LogP contribution in [0.2, 0.25) is 0 Å². The molecule has 0 unspecified atom stereocenters. The van der Waals surface area contributed by atoms with Crippen LogP contribution in [0.25, 0.3) is 0 Å². The molecule has 0 fully saturated rings. The molecule has 2 aromatic carbocycles. The molecule has 0 aliphatic heterocycles. The lowest BCUT2D eigenvalue weighted by molar-refractivity contribution is 0.0956. The Morgan fingerprint density at radius 1 is 0.969 bits per heavy atom. The minimum atomic E-state index is -0.369. The van der Waals surface area contributed by atoms with Crippen LogP contribution in [0.15, 0.2) is 48.5 Å². The average Bonchev–Trinajstić information content (AvgIpc) is 3.10. The minimum Gasteiger partial charge on any atom is -0.457 e. The Bertz CT molecular complexity index is 1080. The topological polar surface area (TPSA) is 108 Å². The first-order valence-corrected chi connectivity index (χ1v) is 10.5. The summed E-state index contributed by atoms with van der Waals surface area (Å²) in [5, 5.41) is 15.5. The third-order valence-electron chi connectivity index (χ3n) is 4.76. The summed E-state index contributed by atoms with van der Waals surface area (Å²) >= 11 is 0. The van der Waals surface area contributed by atoms with Crippen LogP contribution in [0, 0.1) is 6.92 Å². The molecule has 3 aromatic rings. The molecule has 1 heterocycles. The lowest BCUT2D eigenvalue weighted by Gasteiger charge is -2.16. The molecule has 3 rings (SSSR count). The Labute approximate surface area is 187 Å². The van der Waals surface area contributed by atoms with Crippen molar-refractivity contribution in [3.8, 4) is 11.5 Å². The predicted octanol–water partition coefficient (Wildman–Crippen LogP) is 5.20. The number of hydrogen-bond acceptors (Lipinski definition) is 4. The molecule has 8 heteroatoms. The minimum absolute atomic E-state index is 0.116. The fourth-order valence-electron chi connectivity index (χ4n) is 3.21. The Morgan fingerprint density at radius 2 is 1.56 bits per heavy atom. The number of nitrogens with zero attached hydrogens (tertiary/aromatic N) is 1. The van der Waals surface area contributed by atoms with E-state index < -0.39 is 0 Å². The van der Waals surface area contributed by atoms with Gasteiger partial charge in [-0.1, -0.05) is 20.8 Å². The van der Waals surface area contributed by atoms with Gasteiger partial charge < -0.3 is 15.4 Å². The number of rotatable bonds is 6. The van der Waals surface area contributed by atoms with Crippen LogP contribution in [-0.4, -0.2) is 28.7 Å². The van der Waals surface area contributed by atoms with Crippen molar-refractivity contribution >= 4 is 23.4 Å². The molecular weight excluding hydrogens is 406 g/mol. The molecule has 1 aromatic heterocycles. The van der Waals surface area contributed by atoms with Gasteiger partial charge in [-0.05, 0) is 62.4 Å². The predicted molar refractivity (Wildman–Crippen MR) is 126 cm³/mol. The average molecular weight is 436 g/mol. The maximum Gasteiger partial charge on any atom is 0.324 e. The van der Waals surface area contributed by atoms with Gasteiger partial charge >= 0.3 is 6.03 Å². The molecule has 0 saturated carbocycles. The van der Waals surface area contributed by atoms with Crippen LogP contribution < -0.4 is 20.7 Å². The van der Waals surface area contributed by atoms with E-state index in [1.165, 1.54) is 0 Å². The molecular formula is C24H29N5O3. The van der Waals surface area contributed by atoms with Gasteiger partial charge in [0, 0.05) is 28.8 Å². The molecule has 0 bridgehead atoms. The van der Waals surface area contributed by atoms with Gasteiger partial charge in [-0.3, -0.25) is 15.2 Å². The Kier molecular flexibility index (Phi) is 6.82. The highest BCUT2D eigenvalue weighted by atomic mass is 16.5. The van der Waals surface area contributed by atoms with Crippen LogP contribution in [-0.2, 0) is 5.41 Å². The molecule has 0 aliphatic rings. The lowest BCUT2D eigenvalue weighted by atomic mass is 9.90. The van der Waals surface area contributed by atoms with Gasteiger partial charge in [0.15, 0.2) is 0 Å². The molecule has 0 saturated heterocycles. The van der Waals surface area contributed by atoms with E-state index in [4.69, 9.17) is 4.74 Å². The molecule has 0 aliphatic carbocycles. The highest BCUT2D eigenvalue weighted by molar-refractivity contribution is 5.99. The summed E-state index contributed by atoms with van der Waals surface area (Å²) in [6.45, 7) is 10.6. The summed E-state index contributed by atoms with van der Waals surface area (Å²) in [5.41, 5.74) is 2.90.